The molecule has 5 rings (SSSR count). The summed E-state index contributed by atoms with van der Waals surface area (Å²) >= 11 is 7.28. The predicted molar refractivity (Wildman–Crippen MR) is 198 cm³/mol. The van der Waals surface area contributed by atoms with E-state index >= 15 is 0 Å². The van der Waals surface area contributed by atoms with Gasteiger partial charge in [-0.1, -0.05) is 53.4 Å². The van der Waals surface area contributed by atoms with Gasteiger partial charge in [0.25, 0.3) is 11.4 Å². The van der Waals surface area contributed by atoms with Crippen LogP contribution in [0.5, 0.6) is 0 Å². The van der Waals surface area contributed by atoms with Crippen molar-refractivity contribution in [2.24, 2.45) is 0 Å². The van der Waals surface area contributed by atoms with Crippen LogP contribution in [-0.4, -0.2) is 8.07 Å². The first-order chi connectivity index (χ1) is 21.9. The number of hydrogen-bond acceptors (Lipinski definition) is 6. The number of hydrogen-bond donors (Lipinski definition) is 0. The van der Waals surface area contributed by atoms with E-state index in [4.69, 9.17) is 13.1 Å². The number of fused-ring (bicyclic) bond motifs is 3. The Bertz CT molecular complexity index is 1790. The van der Waals surface area contributed by atoms with Crippen molar-refractivity contribution in [3.63, 3.8) is 0 Å². The van der Waals surface area contributed by atoms with E-state index in [2.05, 4.69) is 61.7 Å². The molecular formula is C36H34N4S4Si. The standard InChI is InChI=1S/C36H34N4S4Si/c1-7-11-23-15-27(17-25(21-37)39-5)41-33(23)29-19-31-35(43-29)36-32(45(31,13-9-3)14-10-4)20-30(44-36)34-24(12-8-2)16-28(42-34)18-26(22-38)40-6/h15-20H,7-14H2,1-4H3/b25-17-,26-18+. The Kier molecular flexibility index (Phi) is 10.4. The number of rotatable bonds is 12. The maximum atomic E-state index is 9.36. The third kappa shape index (κ3) is 6.17. The summed E-state index contributed by atoms with van der Waals surface area (Å²) in [6.07, 6.45) is 9.80. The monoisotopic (exact) mass is 678 g/mol. The number of nitrogens with zero attached hydrogens (tertiary/aromatic N) is 4. The quantitative estimate of drug-likeness (QED) is 0.0850. The fraction of sp³-hybridized carbons (Fsp3) is 0.333. The van der Waals surface area contributed by atoms with Gasteiger partial charge >= 0.3 is 0 Å². The number of thiophene rings is 4. The van der Waals surface area contributed by atoms with E-state index in [0.29, 0.717) is 0 Å². The third-order valence-electron chi connectivity index (χ3n) is 8.23. The summed E-state index contributed by atoms with van der Waals surface area (Å²) in [5.74, 6) is 0. The molecule has 0 saturated heterocycles. The van der Waals surface area contributed by atoms with E-state index < -0.39 is 8.07 Å². The highest BCUT2D eigenvalue weighted by molar-refractivity contribution is 7.33. The fourth-order valence-electron chi connectivity index (χ4n) is 6.53. The summed E-state index contributed by atoms with van der Waals surface area (Å²) in [6.45, 7) is 23.7. The van der Waals surface area contributed by atoms with E-state index in [-0.39, 0.29) is 11.4 Å². The summed E-state index contributed by atoms with van der Waals surface area (Å²) in [5.41, 5.74) is 2.86. The molecule has 0 N–H and O–H groups in total. The summed E-state index contributed by atoms with van der Waals surface area (Å²) in [6, 6.07) is 15.9. The highest BCUT2D eigenvalue weighted by Gasteiger charge is 2.47. The van der Waals surface area contributed by atoms with Crippen molar-refractivity contribution in [1.29, 1.82) is 10.5 Å². The number of nitriles is 2. The molecule has 0 saturated carbocycles. The van der Waals surface area contributed by atoms with E-state index in [0.717, 1.165) is 48.3 Å². The van der Waals surface area contributed by atoms with Crippen LogP contribution in [-0.2, 0) is 12.8 Å². The zero-order valence-electron chi connectivity index (χ0n) is 26.0. The summed E-state index contributed by atoms with van der Waals surface area (Å²) < 4.78 is 0. The molecule has 4 aromatic rings. The average molecular weight is 679 g/mol. The molecule has 0 atom stereocenters. The lowest BCUT2D eigenvalue weighted by molar-refractivity contribution is 0.928. The maximum absolute atomic E-state index is 9.36. The second kappa shape index (κ2) is 14.3. The second-order valence-electron chi connectivity index (χ2n) is 11.3. The summed E-state index contributed by atoms with van der Waals surface area (Å²) in [5, 5.41) is 21.9. The van der Waals surface area contributed by atoms with Gasteiger partial charge in [-0.25, -0.2) is 20.2 Å². The minimum Gasteiger partial charge on any atom is -0.227 e. The van der Waals surface area contributed by atoms with Gasteiger partial charge in [-0.2, -0.15) is 0 Å². The van der Waals surface area contributed by atoms with Crippen LogP contribution in [0.25, 0.3) is 51.1 Å². The molecule has 226 valence electrons. The molecule has 0 amide bonds. The summed E-state index contributed by atoms with van der Waals surface area (Å²) in [7, 11) is -1.99. The molecule has 0 radical (unpaired) electrons. The number of allylic oxidation sites excluding steroid dienone is 2. The first-order valence-corrected chi connectivity index (χ1v) is 21.1. The molecule has 1 aliphatic rings. The van der Waals surface area contributed by atoms with Gasteiger partial charge in [0, 0.05) is 39.0 Å². The molecule has 0 spiro atoms. The van der Waals surface area contributed by atoms with E-state index in [1.54, 1.807) is 45.2 Å². The van der Waals surface area contributed by atoms with Crippen LogP contribution in [0.15, 0.2) is 35.7 Å². The molecule has 9 heteroatoms. The van der Waals surface area contributed by atoms with Gasteiger partial charge in [0.1, 0.15) is 8.07 Å². The van der Waals surface area contributed by atoms with Crippen LogP contribution < -0.4 is 10.4 Å². The van der Waals surface area contributed by atoms with Crippen molar-refractivity contribution < 1.29 is 0 Å². The molecule has 45 heavy (non-hydrogen) atoms. The SMILES string of the molecule is [C-]#[N+]/C(C#N)=C\c1cc(CCC)c(-c2cc3c(s2)-c2sc(-c4sc(/C=C(\C#N)[N+]#[C-])cc4CCC)cc2[Si]3(CCC)CCC)s1. The van der Waals surface area contributed by atoms with Crippen molar-refractivity contribution in [2.45, 2.75) is 78.3 Å². The van der Waals surface area contributed by atoms with Crippen molar-refractivity contribution in [3.8, 4) is 41.4 Å². The Morgan fingerprint density at radius 3 is 1.42 bits per heavy atom. The van der Waals surface area contributed by atoms with Crippen LogP contribution in [0.3, 0.4) is 0 Å². The molecule has 0 unspecified atom stereocenters. The third-order valence-corrected chi connectivity index (χ3v) is 19.2. The molecule has 0 fully saturated rings. The van der Waals surface area contributed by atoms with Crippen LogP contribution in [0.1, 0.15) is 74.3 Å². The highest BCUT2D eigenvalue weighted by Crippen LogP contribution is 2.50. The molecule has 0 aliphatic carbocycles. The lowest BCUT2D eigenvalue weighted by Gasteiger charge is -2.27. The highest BCUT2D eigenvalue weighted by atomic mass is 32.1. The van der Waals surface area contributed by atoms with Gasteiger partial charge in [-0.05, 0) is 82.8 Å². The van der Waals surface area contributed by atoms with Crippen molar-refractivity contribution in [2.75, 3.05) is 0 Å². The lowest BCUT2D eigenvalue weighted by atomic mass is 10.1. The topological polar surface area (TPSA) is 56.3 Å². The minimum atomic E-state index is -1.99. The van der Waals surface area contributed by atoms with Crippen molar-refractivity contribution in [3.05, 3.63) is 79.4 Å². The second-order valence-corrected chi connectivity index (χ2v) is 19.8. The normalized spacial score (nSPS) is 13.5. The van der Waals surface area contributed by atoms with Crippen LogP contribution in [0, 0.1) is 35.8 Å². The smallest absolute Gasteiger partial charge is 0.227 e. The van der Waals surface area contributed by atoms with Gasteiger partial charge in [0.05, 0.1) is 25.3 Å². The minimum absolute atomic E-state index is 0.125. The van der Waals surface area contributed by atoms with Gasteiger partial charge in [0.2, 0.25) is 0 Å². The molecule has 5 heterocycles. The zero-order chi connectivity index (χ0) is 32.1. The largest absolute Gasteiger partial charge is 0.263 e. The van der Waals surface area contributed by atoms with E-state index in [9.17, 15) is 10.5 Å². The van der Waals surface area contributed by atoms with Gasteiger partial charge < -0.3 is 0 Å². The van der Waals surface area contributed by atoms with Gasteiger partial charge in [-0.3, -0.25) is 0 Å². The molecule has 0 aromatic carbocycles. The summed E-state index contributed by atoms with van der Waals surface area (Å²) in [4.78, 5) is 16.8. The molecule has 0 bridgehead atoms. The average Bonchev–Trinajstić information content (AvgIpc) is 3.85. The fourth-order valence-corrected chi connectivity index (χ4v) is 18.5. The van der Waals surface area contributed by atoms with Crippen LogP contribution >= 0.6 is 45.3 Å². The Morgan fingerprint density at radius 1 is 0.667 bits per heavy atom. The van der Waals surface area contributed by atoms with Crippen LogP contribution in [0.2, 0.25) is 12.1 Å². The molecule has 1 aliphatic heterocycles. The Labute approximate surface area is 283 Å². The van der Waals surface area contributed by atoms with E-state index in [1.165, 1.54) is 52.5 Å². The van der Waals surface area contributed by atoms with Crippen molar-refractivity contribution >= 4 is 75.9 Å². The first-order valence-electron chi connectivity index (χ1n) is 15.4. The van der Waals surface area contributed by atoms with Gasteiger partial charge in [-0.15, -0.1) is 45.3 Å². The predicted octanol–water partition coefficient (Wildman–Crippen LogP) is 11.1. The first kappa shape index (κ1) is 32.8. The zero-order valence-corrected chi connectivity index (χ0v) is 30.3. The number of aryl methyl sites for hydroxylation is 2. The van der Waals surface area contributed by atoms with Gasteiger partial charge in [0.15, 0.2) is 0 Å². The van der Waals surface area contributed by atoms with Crippen molar-refractivity contribution in [1.82, 2.24) is 0 Å². The van der Waals surface area contributed by atoms with E-state index in [1.807, 2.05) is 34.8 Å². The molecule has 4 nitrogen and oxygen atoms in total. The molecular weight excluding hydrogens is 645 g/mol. The Balaban J connectivity index is 1.68. The lowest BCUT2D eigenvalue weighted by Crippen LogP contribution is -2.54. The van der Waals surface area contributed by atoms with Crippen LogP contribution in [0.4, 0.5) is 0 Å². The Hall–Kier alpha value is -3.54. The Morgan fingerprint density at radius 2 is 1.09 bits per heavy atom. The maximum Gasteiger partial charge on any atom is 0.263 e. The molecule has 4 aromatic heterocycles.